The number of allylic oxidation sites excluding steroid dienone is 28. The van der Waals surface area contributed by atoms with Crippen LogP contribution in [0.15, 0.2) is 170 Å². The fraction of sp³-hybridized carbons (Fsp3) is 0.659. The van der Waals surface area contributed by atoms with Crippen LogP contribution < -0.4 is 0 Å². The molecule has 0 saturated carbocycles. The van der Waals surface area contributed by atoms with E-state index >= 15 is 0 Å². The van der Waals surface area contributed by atoms with E-state index in [1.54, 1.807) is 0 Å². The van der Waals surface area contributed by atoms with Gasteiger partial charge in [0.1, 0.15) is 25.4 Å². The highest BCUT2D eigenvalue weighted by molar-refractivity contribution is 7.47. The molecular weight excluding hydrogens is 1410 g/mol. The van der Waals surface area contributed by atoms with Crippen molar-refractivity contribution >= 4 is 33.6 Å². The van der Waals surface area contributed by atoms with E-state index in [0.717, 1.165) is 193 Å². The van der Waals surface area contributed by atoms with Crippen LogP contribution in [-0.4, -0.2) is 95.9 Å². The van der Waals surface area contributed by atoms with Gasteiger partial charge in [0.05, 0.1) is 26.4 Å². The van der Waals surface area contributed by atoms with Gasteiger partial charge < -0.3 is 34.2 Å². The Morgan fingerprint density at radius 2 is 0.486 bits per heavy atom. The summed E-state index contributed by atoms with van der Waals surface area (Å²) in [5, 5.41) is 20.7. The molecule has 16 nitrogen and oxygen atoms in total. The minimum Gasteiger partial charge on any atom is -0.463 e. The lowest BCUT2D eigenvalue weighted by Gasteiger charge is -2.21. The zero-order valence-electron chi connectivity index (χ0n) is 68.2. The monoisotopic (exact) mass is 1560 g/mol. The number of hydrogen-bond acceptors (Lipinski definition) is 14. The topological polar surface area (TPSA) is 231 Å². The molecule has 109 heavy (non-hydrogen) atoms. The predicted octanol–water partition coefficient (Wildman–Crippen LogP) is 25.5. The summed E-state index contributed by atoms with van der Waals surface area (Å²) in [4.78, 5) is 58.9. The molecule has 0 aromatic carbocycles. The Bertz CT molecular complexity index is 2660. The minimum atomic E-state index is -4.95. The van der Waals surface area contributed by atoms with Crippen LogP contribution in [0.3, 0.4) is 0 Å². The maximum Gasteiger partial charge on any atom is 0.472 e. The van der Waals surface area contributed by atoms with Gasteiger partial charge in [0.15, 0.2) is 6.10 Å². The van der Waals surface area contributed by atoms with E-state index < -0.39 is 91.5 Å². The fourth-order valence-electron chi connectivity index (χ4n) is 11.0. The molecule has 0 bridgehead atoms. The smallest absolute Gasteiger partial charge is 0.463 e. The summed E-state index contributed by atoms with van der Waals surface area (Å²) >= 11 is 0. The largest absolute Gasteiger partial charge is 0.472 e. The van der Waals surface area contributed by atoms with Crippen molar-refractivity contribution in [1.82, 2.24) is 0 Å². The molecule has 0 aromatic rings. The number of esters is 3. The molecule has 0 heterocycles. The molecule has 5 atom stereocenters. The van der Waals surface area contributed by atoms with Crippen molar-refractivity contribution in [3.63, 3.8) is 0 Å². The summed E-state index contributed by atoms with van der Waals surface area (Å²) < 4.78 is 61.4. The van der Waals surface area contributed by atoms with Crippen molar-refractivity contribution in [3.05, 3.63) is 170 Å². The molecule has 0 saturated heterocycles. The Hall–Kier alpha value is -5.09. The number of hydrogen-bond donors (Lipinski definition) is 4. The van der Waals surface area contributed by atoms with Gasteiger partial charge in [-0.3, -0.25) is 32.5 Å². The van der Waals surface area contributed by atoms with Crippen LogP contribution in [0.25, 0.3) is 0 Å². The number of unbranched alkanes of at least 4 members (excludes halogenated alkanes) is 28. The van der Waals surface area contributed by atoms with Crippen molar-refractivity contribution in [1.29, 1.82) is 0 Å². The Morgan fingerprint density at radius 3 is 0.771 bits per heavy atom. The van der Waals surface area contributed by atoms with Gasteiger partial charge in [-0.1, -0.05) is 326 Å². The van der Waals surface area contributed by atoms with Crippen LogP contribution >= 0.6 is 15.6 Å². The van der Waals surface area contributed by atoms with Gasteiger partial charge in [-0.05, 0) is 154 Å². The van der Waals surface area contributed by atoms with Gasteiger partial charge in [0.2, 0.25) is 0 Å². The first-order valence-electron chi connectivity index (χ1n) is 42.4. The maximum atomic E-state index is 13.1. The van der Waals surface area contributed by atoms with Crippen molar-refractivity contribution in [3.8, 4) is 0 Å². The third-order valence-electron chi connectivity index (χ3n) is 17.4. The average molecular weight is 1560 g/mol. The highest BCUT2D eigenvalue weighted by atomic mass is 31.2. The van der Waals surface area contributed by atoms with Crippen molar-refractivity contribution in [2.45, 2.75) is 347 Å². The van der Waals surface area contributed by atoms with Crippen molar-refractivity contribution < 1.29 is 75.8 Å². The van der Waals surface area contributed by atoms with E-state index in [2.05, 4.69) is 191 Å². The molecule has 4 N–H and O–H groups in total. The molecule has 5 unspecified atom stereocenters. The lowest BCUT2D eigenvalue weighted by atomic mass is 10.1. The van der Waals surface area contributed by atoms with Crippen LogP contribution in [0.5, 0.6) is 0 Å². The summed E-state index contributed by atoms with van der Waals surface area (Å²) in [7, 11) is -9.82. The standard InChI is InChI=1S/C91H152O16P2/c1-4-7-10-13-16-19-22-25-28-31-34-37-40-42-45-47-50-53-56-59-62-65-68-71-74-77-89(94)101-80-86(92)81-103-108(97,98)104-82-87(93)83-105-109(99,100)106-85-88(107-91(96)79-76-73-70-67-64-61-58-55-52-49-44-39-36-33-30-27-24-21-18-15-12-9-6-3)84-102-90(95)78-75-72-69-66-63-60-57-54-51-48-46-43-41-38-35-32-29-26-23-20-17-14-11-8-5-2/h7,9-10,12,16-21,25-30,34-39,42-43,45-46,49,52,86-88,92-93H,4-6,8,11,13-15,22-24,31-33,40-41,44,47-48,50-51,53-85H2,1-3H3,(H,97,98)(H,99,100)/b10-7-,12-9-,19-16-,20-17-,21-18-,28-25-,29-26-,30-27-,37-34-,38-35-,39-36-,45-42-,46-43-,52-49-. The number of carbonyl (C=O) groups excluding carboxylic acids is 3. The molecule has 0 aliphatic rings. The Kier molecular flexibility index (Phi) is 78.5. The predicted molar refractivity (Wildman–Crippen MR) is 454 cm³/mol. The molecular formula is C91H152O16P2. The van der Waals surface area contributed by atoms with Crippen LogP contribution in [0.2, 0.25) is 0 Å². The molecule has 18 heteroatoms. The Labute approximate surface area is 662 Å². The molecule has 622 valence electrons. The SMILES string of the molecule is CC/C=C\C/C=C\C/C=C\C/C=C\C/C=C\CCCCCCCCCCCC(=O)OCC(O)COP(=O)(O)OCC(O)COP(=O)(O)OCC(COC(=O)CCCCCCCCCCC/C=C\C/C=C\C/C=C\C/C=C\CCCCC)OC(=O)CCCCCCCCC/C=C\C/C=C\C/C=C\C/C=C\C/C=C\CC. The lowest BCUT2D eigenvalue weighted by Crippen LogP contribution is -2.30. The van der Waals surface area contributed by atoms with Gasteiger partial charge in [0, 0.05) is 19.3 Å². The van der Waals surface area contributed by atoms with Crippen LogP contribution in [0.1, 0.15) is 329 Å². The van der Waals surface area contributed by atoms with Crippen LogP contribution in [-0.2, 0) is 55.8 Å². The van der Waals surface area contributed by atoms with E-state index in [0.29, 0.717) is 19.3 Å². The first-order chi connectivity index (χ1) is 53.2. The molecule has 0 amide bonds. The number of aliphatic hydroxyl groups excluding tert-OH is 2. The molecule has 0 radical (unpaired) electrons. The van der Waals surface area contributed by atoms with Crippen LogP contribution in [0.4, 0.5) is 0 Å². The third-order valence-corrected chi connectivity index (χ3v) is 19.3. The van der Waals surface area contributed by atoms with Gasteiger partial charge in [-0.2, -0.15) is 0 Å². The summed E-state index contributed by atoms with van der Waals surface area (Å²) in [5.74, 6) is -1.60. The average Bonchev–Trinajstić information content (AvgIpc) is 0.903. The normalized spacial score (nSPS) is 14.7. The highest BCUT2D eigenvalue weighted by Gasteiger charge is 2.29. The van der Waals surface area contributed by atoms with Crippen molar-refractivity contribution in [2.24, 2.45) is 0 Å². The quantitative estimate of drug-likeness (QED) is 0.0146. The lowest BCUT2D eigenvalue weighted by molar-refractivity contribution is -0.161. The van der Waals surface area contributed by atoms with Gasteiger partial charge >= 0.3 is 33.6 Å². The second-order valence-electron chi connectivity index (χ2n) is 27.9. The van der Waals surface area contributed by atoms with E-state index in [9.17, 15) is 43.5 Å². The number of ether oxygens (including phenoxy) is 3. The number of carbonyl (C=O) groups is 3. The number of phosphoric acid groups is 2. The van der Waals surface area contributed by atoms with E-state index in [1.807, 2.05) is 0 Å². The molecule has 0 fully saturated rings. The zero-order chi connectivity index (χ0) is 79.4. The zero-order valence-corrected chi connectivity index (χ0v) is 70.0. The Morgan fingerprint density at radius 1 is 0.266 bits per heavy atom. The number of rotatable bonds is 79. The Balaban J connectivity index is 4.72. The molecule has 0 rings (SSSR count). The number of phosphoric ester groups is 2. The second kappa shape index (κ2) is 82.4. The van der Waals surface area contributed by atoms with Crippen LogP contribution in [0, 0.1) is 0 Å². The van der Waals surface area contributed by atoms with E-state index in [-0.39, 0.29) is 19.3 Å². The minimum absolute atomic E-state index is 0.0843. The van der Waals surface area contributed by atoms with Crippen molar-refractivity contribution in [2.75, 3.05) is 39.6 Å². The third kappa shape index (κ3) is 83.7. The molecule has 0 aliphatic heterocycles. The van der Waals surface area contributed by atoms with Gasteiger partial charge in [-0.25, -0.2) is 9.13 Å². The number of aliphatic hydroxyl groups is 2. The van der Waals surface area contributed by atoms with E-state index in [4.69, 9.17) is 32.3 Å². The van der Waals surface area contributed by atoms with Gasteiger partial charge in [-0.15, -0.1) is 0 Å². The molecule has 0 aromatic heterocycles. The molecule has 0 aliphatic carbocycles. The summed E-state index contributed by atoms with van der Waals surface area (Å²) in [5.41, 5.74) is 0. The first-order valence-corrected chi connectivity index (χ1v) is 45.4. The summed E-state index contributed by atoms with van der Waals surface area (Å²) in [6.45, 7) is 2.42. The first kappa shape index (κ1) is 104. The highest BCUT2D eigenvalue weighted by Crippen LogP contribution is 2.45. The van der Waals surface area contributed by atoms with Gasteiger partial charge in [0.25, 0.3) is 0 Å². The summed E-state index contributed by atoms with van der Waals surface area (Å²) in [6, 6.07) is 0. The van der Waals surface area contributed by atoms with E-state index in [1.165, 1.54) is 77.0 Å². The summed E-state index contributed by atoms with van der Waals surface area (Å²) in [6.07, 6.45) is 105. The molecule has 0 spiro atoms. The fourth-order valence-corrected chi connectivity index (χ4v) is 12.6. The second-order valence-corrected chi connectivity index (χ2v) is 30.8. The maximum absolute atomic E-state index is 13.1.